The van der Waals surface area contributed by atoms with Gasteiger partial charge in [-0.2, -0.15) is 0 Å². The molecule has 0 saturated carbocycles. The van der Waals surface area contributed by atoms with Crippen molar-refractivity contribution < 1.29 is 19.2 Å². The molecule has 1 aromatic carbocycles. The Kier molecular flexibility index (Phi) is 15.6. The molecule has 0 aliphatic carbocycles. The Morgan fingerprint density at radius 2 is 1.90 bits per heavy atom. The second-order valence-electron chi connectivity index (χ2n) is 10.5. The number of rotatable bonds is 13. The molecule has 222 valence electrons. The zero-order chi connectivity index (χ0) is 30.2. The Morgan fingerprint density at radius 3 is 2.48 bits per heavy atom. The molecule has 1 fully saturated rings. The number of hydrazine groups is 1. The number of nitrogens with two attached hydrogens (primary N) is 1. The highest BCUT2D eigenvalue weighted by molar-refractivity contribution is 5.92. The Bertz CT molecular complexity index is 1010. The van der Waals surface area contributed by atoms with E-state index in [0.717, 1.165) is 25.7 Å². The average Bonchev–Trinajstić information content (AvgIpc) is 2.94. The monoisotopic (exact) mass is 555 g/mol. The van der Waals surface area contributed by atoms with Crippen LogP contribution in [0.3, 0.4) is 0 Å². The fraction of sp³-hybridized carbons (Fsp3) is 0.548. The minimum atomic E-state index is -0.811. The molecular weight excluding hydrogens is 506 g/mol. The van der Waals surface area contributed by atoms with E-state index in [-0.39, 0.29) is 23.6 Å². The van der Waals surface area contributed by atoms with Gasteiger partial charge in [0.1, 0.15) is 18.1 Å². The molecular formula is C31H49N5O4. The van der Waals surface area contributed by atoms with Gasteiger partial charge in [-0.3, -0.25) is 24.2 Å². The van der Waals surface area contributed by atoms with Crippen molar-refractivity contribution in [1.82, 2.24) is 20.7 Å². The fourth-order valence-electron chi connectivity index (χ4n) is 4.51. The molecule has 0 aromatic heterocycles. The third-order valence-corrected chi connectivity index (χ3v) is 6.88. The number of nitrogens with zero attached hydrogens (tertiary/aromatic N) is 2. The summed E-state index contributed by atoms with van der Waals surface area (Å²) in [6.07, 6.45) is 8.83. The number of likely N-dealkylation sites (N-methyl/N-ethyl adjacent to an activating group) is 1. The number of carbonyl (C=O) groups excluding carboxylic acids is 4. The van der Waals surface area contributed by atoms with Crippen molar-refractivity contribution >= 4 is 29.7 Å². The molecule has 3 atom stereocenters. The van der Waals surface area contributed by atoms with Crippen LogP contribution in [0.15, 0.2) is 43.5 Å². The fourth-order valence-corrected chi connectivity index (χ4v) is 4.51. The molecule has 1 saturated heterocycles. The molecule has 0 bridgehead atoms. The third kappa shape index (κ3) is 11.3. The second-order valence-corrected chi connectivity index (χ2v) is 10.5. The maximum atomic E-state index is 12.9. The first-order valence-corrected chi connectivity index (χ1v) is 14.2. The minimum absolute atomic E-state index is 0.103. The van der Waals surface area contributed by atoms with Crippen molar-refractivity contribution in [2.24, 2.45) is 11.7 Å². The normalized spacial score (nSPS) is 16.1. The minimum Gasteiger partial charge on any atom is -0.368 e. The standard InChI is InChI=1S/C21H37N5O4.C10H12/c1-6-7-8-9-12-17(27)25(5)18(14(2)3)20(29)23-15(4)21(30)26-13-10-11-16(24-26)19(22)28;1-3-9-6-5-7-10(4-2)8-9/h6,14-16,18,24H,1,7-13H2,2-5H3,(H2,22,28)(H,23,29);3,5-8H,1,4H2,2H3. The smallest absolute Gasteiger partial charge is 0.258 e. The summed E-state index contributed by atoms with van der Waals surface area (Å²) < 4.78 is 0. The lowest BCUT2D eigenvalue weighted by Crippen LogP contribution is -2.61. The lowest BCUT2D eigenvalue weighted by atomic mass is 10.0. The van der Waals surface area contributed by atoms with Crippen molar-refractivity contribution in [2.45, 2.75) is 90.8 Å². The summed E-state index contributed by atoms with van der Waals surface area (Å²) in [6.45, 7) is 15.3. The first-order valence-electron chi connectivity index (χ1n) is 14.2. The molecule has 0 spiro atoms. The topological polar surface area (TPSA) is 125 Å². The van der Waals surface area contributed by atoms with Crippen LogP contribution in [0.1, 0.15) is 77.3 Å². The van der Waals surface area contributed by atoms with Crippen LogP contribution in [0.25, 0.3) is 6.08 Å². The number of hydrogen-bond acceptors (Lipinski definition) is 5. The van der Waals surface area contributed by atoms with E-state index in [1.807, 2.05) is 26.0 Å². The highest BCUT2D eigenvalue weighted by Gasteiger charge is 2.33. The Balaban J connectivity index is 0.000000667. The Hall–Kier alpha value is -3.46. The number of amides is 4. The van der Waals surface area contributed by atoms with Crippen molar-refractivity contribution in [2.75, 3.05) is 13.6 Å². The van der Waals surface area contributed by atoms with Crippen molar-refractivity contribution in [3.63, 3.8) is 0 Å². The second kappa shape index (κ2) is 18.0. The molecule has 1 aliphatic heterocycles. The van der Waals surface area contributed by atoms with Crippen LogP contribution in [0.5, 0.6) is 0 Å². The quantitative estimate of drug-likeness (QED) is 0.253. The maximum absolute atomic E-state index is 12.9. The summed E-state index contributed by atoms with van der Waals surface area (Å²) in [5.41, 5.74) is 10.7. The van der Waals surface area contributed by atoms with Gasteiger partial charge in [0.05, 0.1) is 0 Å². The van der Waals surface area contributed by atoms with E-state index in [9.17, 15) is 19.2 Å². The number of unbranched alkanes of at least 4 members (excludes halogenated alkanes) is 2. The van der Waals surface area contributed by atoms with Gasteiger partial charge in [-0.15, -0.1) is 6.58 Å². The molecule has 4 amide bonds. The van der Waals surface area contributed by atoms with Crippen LogP contribution in [0.2, 0.25) is 0 Å². The van der Waals surface area contributed by atoms with Crippen molar-refractivity contribution in [3.05, 3.63) is 54.6 Å². The van der Waals surface area contributed by atoms with Gasteiger partial charge in [-0.1, -0.05) is 63.8 Å². The van der Waals surface area contributed by atoms with Gasteiger partial charge < -0.3 is 16.0 Å². The Morgan fingerprint density at radius 1 is 1.20 bits per heavy atom. The summed E-state index contributed by atoms with van der Waals surface area (Å²) in [6, 6.07) is 6.33. The van der Waals surface area contributed by atoms with Gasteiger partial charge in [0.25, 0.3) is 5.91 Å². The number of benzene rings is 1. The summed E-state index contributed by atoms with van der Waals surface area (Å²) in [4.78, 5) is 51.0. The van der Waals surface area contributed by atoms with Gasteiger partial charge >= 0.3 is 0 Å². The number of allylic oxidation sites excluding steroid dienone is 1. The molecule has 40 heavy (non-hydrogen) atoms. The van der Waals surface area contributed by atoms with Crippen LogP contribution >= 0.6 is 0 Å². The van der Waals surface area contributed by atoms with Gasteiger partial charge in [0.2, 0.25) is 17.7 Å². The van der Waals surface area contributed by atoms with E-state index < -0.39 is 24.0 Å². The van der Waals surface area contributed by atoms with Gasteiger partial charge in [0, 0.05) is 20.0 Å². The molecule has 9 nitrogen and oxygen atoms in total. The predicted molar refractivity (Wildman–Crippen MR) is 161 cm³/mol. The van der Waals surface area contributed by atoms with Crippen LogP contribution in [-0.4, -0.2) is 65.3 Å². The Labute approximate surface area is 240 Å². The van der Waals surface area contributed by atoms with E-state index in [1.165, 1.54) is 21.0 Å². The van der Waals surface area contributed by atoms with E-state index in [0.29, 0.717) is 25.8 Å². The van der Waals surface area contributed by atoms with E-state index in [2.05, 4.69) is 55.1 Å². The van der Waals surface area contributed by atoms with E-state index >= 15 is 0 Å². The highest BCUT2D eigenvalue weighted by atomic mass is 16.2. The predicted octanol–water partition coefficient (Wildman–Crippen LogP) is 3.59. The van der Waals surface area contributed by atoms with Crippen molar-refractivity contribution in [1.29, 1.82) is 0 Å². The number of carbonyl (C=O) groups is 4. The van der Waals surface area contributed by atoms with Crippen LogP contribution in [0.4, 0.5) is 0 Å². The maximum Gasteiger partial charge on any atom is 0.258 e. The van der Waals surface area contributed by atoms with E-state index in [1.54, 1.807) is 14.0 Å². The lowest BCUT2D eigenvalue weighted by molar-refractivity contribution is -0.145. The largest absolute Gasteiger partial charge is 0.368 e. The molecule has 4 N–H and O–H groups in total. The molecule has 1 aromatic rings. The van der Waals surface area contributed by atoms with Gasteiger partial charge in [-0.25, -0.2) is 5.43 Å². The first-order chi connectivity index (χ1) is 19.0. The molecule has 1 aliphatic rings. The summed E-state index contributed by atoms with van der Waals surface area (Å²) in [7, 11) is 1.62. The molecule has 0 radical (unpaired) electrons. The average molecular weight is 556 g/mol. The first kappa shape index (κ1) is 34.6. The summed E-state index contributed by atoms with van der Waals surface area (Å²) >= 11 is 0. The lowest BCUT2D eigenvalue weighted by Gasteiger charge is -2.35. The van der Waals surface area contributed by atoms with Crippen LogP contribution < -0.4 is 16.5 Å². The molecule has 9 heteroatoms. The molecule has 1 heterocycles. The molecule has 3 unspecified atom stereocenters. The van der Waals surface area contributed by atoms with Gasteiger partial charge in [-0.05, 0) is 62.5 Å². The SMILES string of the molecule is C=CCCCCC(=O)N(C)C(C(=O)NC(C)C(=O)N1CCCC(C(N)=O)N1)C(C)C.C=Cc1cccc(CC)c1. The zero-order valence-electron chi connectivity index (χ0n) is 24.9. The zero-order valence-corrected chi connectivity index (χ0v) is 24.9. The van der Waals surface area contributed by atoms with Crippen LogP contribution in [-0.2, 0) is 25.6 Å². The highest BCUT2D eigenvalue weighted by Crippen LogP contribution is 2.14. The number of aryl methyl sites for hydroxylation is 1. The van der Waals surface area contributed by atoms with Gasteiger partial charge in [0.15, 0.2) is 0 Å². The number of nitrogens with one attached hydrogen (secondary N) is 2. The molecule has 2 rings (SSSR count). The summed E-state index contributed by atoms with van der Waals surface area (Å²) in [5, 5.41) is 4.06. The third-order valence-electron chi connectivity index (χ3n) is 6.88. The summed E-state index contributed by atoms with van der Waals surface area (Å²) in [5.74, 6) is -1.47. The van der Waals surface area contributed by atoms with E-state index in [4.69, 9.17) is 5.73 Å². The van der Waals surface area contributed by atoms with Crippen LogP contribution in [0, 0.1) is 5.92 Å². The number of primary amides is 1. The number of hydrogen-bond donors (Lipinski definition) is 3. The van der Waals surface area contributed by atoms with Crippen molar-refractivity contribution in [3.8, 4) is 0 Å².